The molecule has 0 aliphatic rings. The fourth-order valence-corrected chi connectivity index (χ4v) is 1.51. The van der Waals surface area contributed by atoms with Gasteiger partial charge in [0, 0.05) is 18.6 Å². The van der Waals surface area contributed by atoms with E-state index in [4.69, 9.17) is 4.74 Å². The van der Waals surface area contributed by atoms with E-state index in [1.165, 1.54) is 0 Å². The van der Waals surface area contributed by atoms with Gasteiger partial charge in [0.1, 0.15) is 5.69 Å². The molecule has 19 heavy (non-hydrogen) atoms. The lowest BCUT2D eigenvalue weighted by atomic mass is 9.93. The number of nitrogens with zero attached hydrogens (tertiary/aromatic N) is 2. The summed E-state index contributed by atoms with van der Waals surface area (Å²) in [4.78, 5) is 14.5. The van der Waals surface area contributed by atoms with Crippen LogP contribution in [0.5, 0.6) is 0 Å². The molecule has 0 aliphatic heterocycles. The molecule has 0 atom stereocenters. The van der Waals surface area contributed by atoms with E-state index in [2.05, 4.69) is 20.5 Å². The number of hydrogen-bond acceptors (Lipinski definition) is 5. The number of hydrogen-bond donors (Lipinski definition) is 2. The quantitative estimate of drug-likeness (QED) is 0.767. The first-order chi connectivity index (χ1) is 8.80. The molecular weight excluding hydrogens is 244 g/mol. The van der Waals surface area contributed by atoms with Crippen molar-refractivity contribution >= 4 is 5.95 Å². The van der Waals surface area contributed by atoms with Crippen molar-refractivity contribution in [3.63, 3.8) is 0 Å². The molecule has 2 N–H and O–H groups in total. The highest BCUT2D eigenvalue weighted by Crippen LogP contribution is 2.15. The Morgan fingerprint density at radius 2 is 2.00 bits per heavy atom. The van der Waals surface area contributed by atoms with Crippen molar-refractivity contribution in [2.24, 2.45) is 0 Å². The molecule has 0 radical (unpaired) electrons. The summed E-state index contributed by atoms with van der Waals surface area (Å²) < 4.78 is 5.42. The lowest BCUT2D eigenvalue weighted by Crippen LogP contribution is -2.28. The predicted octanol–water partition coefficient (Wildman–Crippen LogP) is 1.69. The molecule has 0 saturated heterocycles. The molecule has 0 amide bonds. The zero-order valence-corrected chi connectivity index (χ0v) is 12.4. The van der Waals surface area contributed by atoms with E-state index < -0.39 is 0 Å². The van der Waals surface area contributed by atoms with Crippen LogP contribution in [0, 0.1) is 0 Å². The van der Waals surface area contributed by atoms with Gasteiger partial charge in [0.15, 0.2) is 0 Å². The third kappa shape index (κ3) is 5.38. The Balaban J connectivity index is 2.49. The number of ether oxygens (including phenoxy) is 1. The van der Waals surface area contributed by atoms with Gasteiger partial charge < -0.3 is 10.1 Å². The highest BCUT2D eigenvalue weighted by Gasteiger charge is 2.20. The third-order valence-corrected chi connectivity index (χ3v) is 2.47. The van der Waals surface area contributed by atoms with Crippen molar-refractivity contribution in [1.29, 1.82) is 0 Å². The summed E-state index contributed by atoms with van der Waals surface area (Å²) >= 11 is 0. The summed E-state index contributed by atoms with van der Waals surface area (Å²) in [6.45, 7) is 11.2. The zero-order chi connectivity index (χ0) is 14.5. The first kappa shape index (κ1) is 15.6. The molecule has 0 bridgehead atoms. The van der Waals surface area contributed by atoms with Crippen molar-refractivity contribution in [2.45, 2.75) is 52.6 Å². The van der Waals surface area contributed by atoms with Gasteiger partial charge in [0.2, 0.25) is 5.95 Å². The van der Waals surface area contributed by atoms with Crippen LogP contribution in [0.2, 0.25) is 0 Å². The molecule has 108 valence electrons. The van der Waals surface area contributed by atoms with Crippen LogP contribution in [-0.2, 0) is 10.2 Å². The van der Waals surface area contributed by atoms with Gasteiger partial charge in [-0.2, -0.15) is 0 Å². The smallest absolute Gasteiger partial charge is 0.274 e. The van der Waals surface area contributed by atoms with E-state index in [1.54, 1.807) is 0 Å². The lowest BCUT2D eigenvalue weighted by Gasteiger charge is -2.15. The number of anilines is 1. The number of rotatable bonds is 6. The first-order valence-corrected chi connectivity index (χ1v) is 6.63. The number of nitrogens with one attached hydrogen (secondary N) is 2. The first-order valence-electron chi connectivity index (χ1n) is 6.63. The third-order valence-electron chi connectivity index (χ3n) is 2.47. The maximum Gasteiger partial charge on any atom is 0.274 e. The van der Waals surface area contributed by atoms with Gasteiger partial charge >= 0.3 is 0 Å². The Morgan fingerprint density at radius 1 is 1.32 bits per heavy atom. The van der Waals surface area contributed by atoms with E-state index in [0.29, 0.717) is 24.8 Å². The maximum absolute atomic E-state index is 11.8. The Kier molecular flexibility index (Phi) is 5.47. The van der Waals surface area contributed by atoms with Gasteiger partial charge in [-0.1, -0.05) is 20.8 Å². The fraction of sp³-hybridized carbons (Fsp3) is 0.769. The van der Waals surface area contributed by atoms with E-state index in [9.17, 15) is 4.79 Å². The van der Waals surface area contributed by atoms with Crippen LogP contribution in [0.1, 0.15) is 46.7 Å². The van der Waals surface area contributed by atoms with E-state index >= 15 is 0 Å². The van der Waals surface area contributed by atoms with Crippen molar-refractivity contribution < 1.29 is 4.74 Å². The van der Waals surface area contributed by atoms with Crippen LogP contribution in [0.4, 0.5) is 5.95 Å². The molecule has 0 fully saturated rings. The van der Waals surface area contributed by atoms with Gasteiger partial charge in [-0.25, -0.2) is 0 Å². The van der Waals surface area contributed by atoms with E-state index in [1.807, 2.05) is 34.6 Å². The second kappa shape index (κ2) is 6.65. The predicted molar refractivity (Wildman–Crippen MR) is 75.5 cm³/mol. The van der Waals surface area contributed by atoms with Crippen LogP contribution >= 0.6 is 0 Å². The molecular formula is C13H24N4O2. The molecule has 1 rings (SSSR count). The van der Waals surface area contributed by atoms with Crippen LogP contribution in [-0.4, -0.2) is 34.4 Å². The average Bonchev–Trinajstić information content (AvgIpc) is 2.26. The number of H-pyrrole nitrogens is 1. The Bertz CT molecular complexity index is 449. The SMILES string of the molecule is CC(C)OCCCNc1nnc(C(C)(C)C)c(=O)[nH]1. The molecule has 1 aromatic heterocycles. The van der Waals surface area contributed by atoms with Gasteiger partial charge in [0.25, 0.3) is 5.56 Å². The normalized spacial score (nSPS) is 11.9. The molecule has 0 spiro atoms. The number of aromatic amines is 1. The Hall–Kier alpha value is -1.43. The highest BCUT2D eigenvalue weighted by molar-refractivity contribution is 5.22. The molecule has 1 aromatic rings. The standard InChI is InChI=1S/C13H24N4O2/c1-9(2)19-8-6-7-14-12-15-11(18)10(16-17-12)13(3,4)5/h9H,6-8H2,1-5H3,(H2,14,15,17,18). The topological polar surface area (TPSA) is 79.9 Å². The fourth-order valence-electron chi connectivity index (χ4n) is 1.51. The minimum Gasteiger partial charge on any atom is -0.379 e. The summed E-state index contributed by atoms with van der Waals surface area (Å²) in [6, 6.07) is 0. The van der Waals surface area contributed by atoms with Gasteiger partial charge in [-0.15, -0.1) is 10.2 Å². The van der Waals surface area contributed by atoms with Gasteiger partial charge in [-0.05, 0) is 20.3 Å². The largest absolute Gasteiger partial charge is 0.379 e. The minimum atomic E-state index is -0.301. The van der Waals surface area contributed by atoms with E-state index in [-0.39, 0.29) is 17.1 Å². The summed E-state index contributed by atoms with van der Waals surface area (Å²) in [6.07, 6.45) is 1.09. The molecule has 0 aromatic carbocycles. The summed E-state index contributed by atoms with van der Waals surface area (Å²) in [5.41, 5.74) is -0.0471. The van der Waals surface area contributed by atoms with Crippen LogP contribution in [0.3, 0.4) is 0 Å². The van der Waals surface area contributed by atoms with Crippen molar-refractivity contribution in [1.82, 2.24) is 15.2 Å². The van der Waals surface area contributed by atoms with Gasteiger partial charge in [-0.3, -0.25) is 9.78 Å². The monoisotopic (exact) mass is 268 g/mol. The zero-order valence-electron chi connectivity index (χ0n) is 12.4. The molecule has 1 heterocycles. The lowest BCUT2D eigenvalue weighted by molar-refractivity contribution is 0.0787. The Morgan fingerprint density at radius 3 is 2.53 bits per heavy atom. The molecule has 0 aliphatic carbocycles. The van der Waals surface area contributed by atoms with Crippen LogP contribution < -0.4 is 10.9 Å². The van der Waals surface area contributed by atoms with Gasteiger partial charge in [0.05, 0.1) is 6.10 Å². The average molecular weight is 268 g/mol. The van der Waals surface area contributed by atoms with Crippen molar-refractivity contribution in [3.8, 4) is 0 Å². The molecule has 6 nitrogen and oxygen atoms in total. The molecule has 0 unspecified atom stereocenters. The highest BCUT2D eigenvalue weighted by atomic mass is 16.5. The Labute approximate surface area is 114 Å². The minimum absolute atomic E-state index is 0.191. The van der Waals surface area contributed by atoms with Crippen LogP contribution in [0.25, 0.3) is 0 Å². The second-order valence-corrected chi connectivity index (χ2v) is 5.80. The van der Waals surface area contributed by atoms with Crippen molar-refractivity contribution in [2.75, 3.05) is 18.5 Å². The second-order valence-electron chi connectivity index (χ2n) is 5.80. The number of aromatic nitrogens is 3. The summed E-state index contributed by atoms with van der Waals surface area (Å²) in [5, 5.41) is 11.0. The summed E-state index contributed by atoms with van der Waals surface area (Å²) in [7, 11) is 0. The van der Waals surface area contributed by atoms with E-state index in [0.717, 1.165) is 6.42 Å². The molecule has 0 saturated carbocycles. The maximum atomic E-state index is 11.8. The van der Waals surface area contributed by atoms with Crippen molar-refractivity contribution in [3.05, 3.63) is 16.0 Å². The van der Waals surface area contributed by atoms with Crippen LogP contribution in [0.15, 0.2) is 4.79 Å². The summed E-state index contributed by atoms with van der Waals surface area (Å²) in [5.74, 6) is 0.405. The molecule has 6 heteroatoms.